The third kappa shape index (κ3) is 4.85. The number of rotatable bonds is 6. The Morgan fingerprint density at radius 1 is 0.971 bits per heavy atom. The highest BCUT2D eigenvalue weighted by molar-refractivity contribution is 6.01. The maximum absolute atomic E-state index is 12.7. The minimum absolute atomic E-state index is 0.127. The molecule has 172 valence electrons. The summed E-state index contributed by atoms with van der Waals surface area (Å²) in [6.45, 7) is 5.02. The van der Waals surface area contributed by atoms with Crippen molar-refractivity contribution in [3.8, 4) is 11.3 Å². The molecule has 2 aromatic heterocycles. The summed E-state index contributed by atoms with van der Waals surface area (Å²) < 4.78 is 6.81. The highest BCUT2D eigenvalue weighted by Crippen LogP contribution is 2.21. The van der Waals surface area contributed by atoms with Crippen molar-refractivity contribution in [2.75, 3.05) is 11.9 Å². The summed E-state index contributed by atoms with van der Waals surface area (Å²) in [6.07, 6.45) is 2.98. The van der Waals surface area contributed by atoms with Gasteiger partial charge in [-0.2, -0.15) is 5.10 Å². The first-order chi connectivity index (χ1) is 16.2. The number of hydrogen-bond donors (Lipinski definition) is 1. The van der Waals surface area contributed by atoms with Gasteiger partial charge in [0.05, 0.1) is 11.9 Å². The molecule has 4 rings (SSSR count). The SMILES string of the molecule is CC(C)(C)C(=O)Nc1ccc(C(=O)COC(=O)c2cnn3c(-c4ccccc4)ccnc23)cc1. The zero-order valence-electron chi connectivity index (χ0n) is 19.1. The summed E-state index contributed by atoms with van der Waals surface area (Å²) in [6, 6.07) is 17.9. The van der Waals surface area contributed by atoms with E-state index >= 15 is 0 Å². The summed E-state index contributed by atoms with van der Waals surface area (Å²) >= 11 is 0. The molecule has 0 spiro atoms. The molecule has 0 saturated carbocycles. The van der Waals surface area contributed by atoms with Crippen LogP contribution in [0.4, 0.5) is 5.69 Å². The quantitative estimate of drug-likeness (QED) is 0.340. The third-order valence-corrected chi connectivity index (χ3v) is 5.17. The number of nitrogens with one attached hydrogen (secondary N) is 1. The van der Waals surface area contributed by atoms with Crippen LogP contribution in [0.15, 0.2) is 73.1 Å². The molecule has 0 atom stereocenters. The minimum Gasteiger partial charge on any atom is -0.454 e. The van der Waals surface area contributed by atoms with Crippen LogP contribution < -0.4 is 5.32 Å². The Morgan fingerprint density at radius 2 is 1.68 bits per heavy atom. The van der Waals surface area contributed by atoms with E-state index in [1.54, 1.807) is 35.0 Å². The fourth-order valence-electron chi connectivity index (χ4n) is 3.21. The number of esters is 1. The molecule has 0 saturated heterocycles. The van der Waals surface area contributed by atoms with E-state index in [4.69, 9.17) is 4.74 Å². The molecule has 2 heterocycles. The fourth-order valence-corrected chi connectivity index (χ4v) is 3.21. The monoisotopic (exact) mass is 456 g/mol. The fraction of sp³-hybridized carbons (Fsp3) is 0.192. The van der Waals surface area contributed by atoms with Crippen LogP contribution in [0, 0.1) is 5.41 Å². The van der Waals surface area contributed by atoms with Gasteiger partial charge in [0.25, 0.3) is 0 Å². The van der Waals surface area contributed by atoms with Crippen molar-refractivity contribution >= 4 is 29.0 Å². The van der Waals surface area contributed by atoms with Crippen molar-refractivity contribution in [3.05, 3.63) is 84.2 Å². The number of ether oxygens (including phenoxy) is 1. The highest BCUT2D eigenvalue weighted by Gasteiger charge is 2.22. The number of anilines is 1. The number of fused-ring (bicyclic) bond motifs is 1. The average Bonchev–Trinajstić information content (AvgIpc) is 3.27. The summed E-state index contributed by atoms with van der Waals surface area (Å²) in [5.41, 5.74) is 2.64. The molecule has 8 heteroatoms. The molecule has 8 nitrogen and oxygen atoms in total. The van der Waals surface area contributed by atoms with Gasteiger partial charge in [0, 0.05) is 28.4 Å². The van der Waals surface area contributed by atoms with Crippen molar-refractivity contribution < 1.29 is 19.1 Å². The number of hydrogen-bond acceptors (Lipinski definition) is 6. The van der Waals surface area contributed by atoms with Gasteiger partial charge < -0.3 is 10.1 Å². The molecule has 4 aromatic rings. The van der Waals surface area contributed by atoms with Crippen molar-refractivity contribution in [1.82, 2.24) is 14.6 Å². The van der Waals surface area contributed by atoms with E-state index in [9.17, 15) is 14.4 Å². The molecule has 2 aromatic carbocycles. The van der Waals surface area contributed by atoms with E-state index in [2.05, 4.69) is 15.4 Å². The summed E-state index contributed by atoms with van der Waals surface area (Å²) in [4.78, 5) is 41.5. The maximum atomic E-state index is 12.7. The van der Waals surface area contributed by atoms with Crippen LogP contribution in [0.1, 0.15) is 41.5 Å². The lowest BCUT2D eigenvalue weighted by Crippen LogP contribution is -2.27. The molecule has 0 bridgehead atoms. The molecule has 0 radical (unpaired) electrons. The number of aromatic nitrogens is 3. The van der Waals surface area contributed by atoms with E-state index in [0.717, 1.165) is 11.3 Å². The number of carbonyl (C=O) groups is 3. The Hall–Kier alpha value is -4.33. The lowest BCUT2D eigenvalue weighted by atomic mass is 9.95. The van der Waals surface area contributed by atoms with E-state index in [1.165, 1.54) is 6.20 Å². The number of ketones is 1. The van der Waals surface area contributed by atoms with Gasteiger partial charge in [-0.25, -0.2) is 14.3 Å². The largest absolute Gasteiger partial charge is 0.454 e. The molecule has 0 fully saturated rings. The lowest BCUT2D eigenvalue weighted by molar-refractivity contribution is -0.123. The van der Waals surface area contributed by atoms with E-state index in [1.807, 2.05) is 57.2 Å². The number of benzene rings is 2. The normalized spacial score (nSPS) is 11.3. The molecule has 0 unspecified atom stereocenters. The van der Waals surface area contributed by atoms with Gasteiger partial charge >= 0.3 is 5.97 Å². The second kappa shape index (κ2) is 9.27. The first-order valence-electron chi connectivity index (χ1n) is 10.7. The standard InChI is InChI=1S/C26H24N4O4/c1-26(2,3)25(33)29-19-11-9-18(10-12-19)22(31)16-34-24(32)20-15-28-30-21(13-14-27-23(20)30)17-7-5-4-6-8-17/h4-15H,16H2,1-3H3,(H,29,33). The Morgan fingerprint density at radius 3 is 2.35 bits per heavy atom. The van der Waals surface area contributed by atoms with Gasteiger partial charge in [0.15, 0.2) is 18.0 Å². The van der Waals surface area contributed by atoms with Crippen LogP contribution >= 0.6 is 0 Å². The van der Waals surface area contributed by atoms with Crippen LogP contribution in [0.2, 0.25) is 0 Å². The third-order valence-electron chi connectivity index (χ3n) is 5.17. The second-order valence-electron chi connectivity index (χ2n) is 8.77. The maximum Gasteiger partial charge on any atom is 0.344 e. The number of Topliss-reactive ketones (excluding diaryl/α,β-unsaturated/α-hetero) is 1. The summed E-state index contributed by atoms with van der Waals surface area (Å²) in [7, 11) is 0. The van der Waals surface area contributed by atoms with E-state index < -0.39 is 18.0 Å². The van der Waals surface area contributed by atoms with Crippen LogP contribution in [-0.2, 0) is 9.53 Å². The smallest absolute Gasteiger partial charge is 0.344 e. The predicted octanol–water partition coefficient (Wildman–Crippen LogP) is 4.42. The van der Waals surface area contributed by atoms with Crippen LogP contribution in [-0.4, -0.2) is 38.9 Å². The van der Waals surface area contributed by atoms with Crippen LogP contribution in [0.5, 0.6) is 0 Å². The molecule has 0 aliphatic rings. The Bertz CT molecular complexity index is 1350. The van der Waals surface area contributed by atoms with Gasteiger partial charge in [0.2, 0.25) is 5.91 Å². The minimum atomic E-state index is -0.685. The van der Waals surface area contributed by atoms with Crippen molar-refractivity contribution in [3.63, 3.8) is 0 Å². The van der Waals surface area contributed by atoms with Crippen molar-refractivity contribution in [2.24, 2.45) is 5.41 Å². The average molecular weight is 457 g/mol. The Labute approximate surface area is 196 Å². The number of amides is 1. The molecule has 1 N–H and O–H groups in total. The molecule has 0 aliphatic heterocycles. The molecular weight excluding hydrogens is 432 g/mol. The van der Waals surface area contributed by atoms with Gasteiger partial charge in [-0.3, -0.25) is 9.59 Å². The number of carbonyl (C=O) groups excluding carboxylic acids is 3. The first kappa shape index (κ1) is 22.8. The van der Waals surface area contributed by atoms with Crippen molar-refractivity contribution in [1.29, 1.82) is 0 Å². The lowest BCUT2D eigenvalue weighted by Gasteiger charge is -2.17. The van der Waals surface area contributed by atoms with Gasteiger partial charge in [-0.15, -0.1) is 0 Å². The topological polar surface area (TPSA) is 103 Å². The predicted molar refractivity (Wildman–Crippen MR) is 128 cm³/mol. The van der Waals surface area contributed by atoms with Crippen molar-refractivity contribution in [2.45, 2.75) is 20.8 Å². The van der Waals surface area contributed by atoms with Crippen LogP contribution in [0.25, 0.3) is 16.9 Å². The van der Waals surface area contributed by atoms with E-state index in [-0.39, 0.29) is 17.3 Å². The van der Waals surface area contributed by atoms with E-state index in [0.29, 0.717) is 16.9 Å². The van der Waals surface area contributed by atoms with Gasteiger partial charge in [-0.1, -0.05) is 51.1 Å². The Balaban J connectivity index is 1.43. The van der Waals surface area contributed by atoms with Gasteiger partial charge in [0.1, 0.15) is 5.56 Å². The first-order valence-corrected chi connectivity index (χ1v) is 10.7. The Kier molecular flexibility index (Phi) is 6.23. The van der Waals surface area contributed by atoms with Gasteiger partial charge in [-0.05, 0) is 30.3 Å². The molecule has 0 aliphatic carbocycles. The zero-order valence-corrected chi connectivity index (χ0v) is 19.1. The summed E-state index contributed by atoms with van der Waals surface area (Å²) in [5, 5.41) is 7.08. The molecule has 1 amide bonds. The highest BCUT2D eigenvalue weighted by atomic mass is 16.5. The molecular formula is C26H24N4O4. The summed E-state index contributed by atoms with van der Waals surface area (Å²) in [5.74, 6) is -1.18. The molecule has 34 heavy (non-hydrogen) atoms. The zero-order chi connectivity index (χ0) is 24.3. The number of nitrogens with zero attached hydrogens (tertiary/aromatic N) is 3. The second-order valence-corrected chi connectivity index (χ2v) is 8.77. The van der Waals surface area contributed by atoms with Crippen LogP contribution in [0.3, 0.4) is 0 Å².